The lowest BCUT2D eigenvalue weighted by Gasteiger charge is -2.03. The molecule has 0 radical (unpaired) electrons. The molecular formula is C14H10N6O3. The average molecular weight is 310 g/mol. The second-order valence-corrected chi connectivity index (χ2v) is 4.45. The first kappa shape index (κ1) is 14.3. The van der Waals surface area contributed by atoms with Crippen LogP contribution in [0.5, 0.6) is 0 Å². The van der Waals surface area contributed by atoms with Gasteiger partial charge in [-0.3, -0.25) is 14.9 Å². The van der Waals surface area contributed by atoms with Gasteiger partial charge < -0.3 is 5.32 Å². The predicted molar refractivity (Wildman–Crippen MR) is 80.2 cm³/mol. The van der Waals surface area contributed by atoms with Gasteiger partial charge in [-0.15, -0.1) is 0 Å². The number of nitro benzene ring substituents is 1. The number of nitrogens with one attached hydrogen (secondary N) is 1. The van der Waals surface area contributed by atoms with Crippen LogP contribution in [0.2, 0.25) is 0 Å². The first-order valence-corrected chi connectivity index (χ1v) is 6.52. The highest BCUT2D eigenvalue weighted by atomic mass is 16.6. The lowest BCUT2D eigenvalue weighted by Crippen LogP contribution is -2.13. The first-order chi connectivity index (χ1) is 11.1. The molecule has 1 aromatic carbocycles. The molecule has 1 N–H and O–H groups in total. The van der Waals surface area contributed by atoms with Gasteiger partial charge in [0.25, 0.3) is 11.6 Å². The highest BCUT2D eigenvalue weighted by Gasteiger charge is 2.19. The molecule has 2 heterocycles. The summed E-state index contributed by atoms with van der Waals surface area (Å²) < 4.78 is 1.38. The maximum atomic E-state index is 12.2. The quantitative estimate of drug-likeness (QED) is 0.580. The zero-order chi connectivity index (χ0) is 16.2. The Morgan fingerprint density at radius 3 is 2.65 bits per heavy atom. The molecule has 0 aliphatic heterocycles. The van der Waals surface area contributed by atoms with E-state index in [2.05, 4.69) is 20.4 Å². The summed E-state index contributed by atoms with van der Waals surface area (Å²) in [5, 5.41) is 17.6. The molecule has 3 aromatic rings. The summed E-state index contributed by atoms with van der Waals surface area (Å²) in [5.74, 6) is -0.246. The third-order valence-corrected chi connectivity index (χ3v) is 2.94. The number of nitrogens with zero attached hydrogens (tertiary/aromatic N) is 5. The van der Waals surface area contributed by atoms with Gasteiger partial charge in [0.2, 0.25) is 5.95 Å². The molecule has 0 saturated carbocycles. The zero-order valence-corrected chi connectivity index (χ0v) is 11.7. The highest BCUT2D eigenvalue weighted by Crippen LogP contribution is 2.19. The standard InChI is InChI=1S/C14H10N6O3/c21-13(11-4-1-2-5-12(11)20(22)23)18-10-8-17-19(9-10)14-15-6-3-7-16-14/h1-9H,(H,18,21). The van der Waals surface area contributed by atoms with Gasteiger partial charge in [-0.1, -0.05) is 12.1 Å². The molecule has 0 aliphatic carbocycles. The van der Waals surface area contributed by atoms with Crippen molar-refractivity contribution in [3.8, 4) is 5.95 Å². The van der Waals surface area contributed by atoms with Crippen molar-refractivity contribution >= 4 is 17.3 Å². The molecule has 0 spiro atoms. The van der Waals surface area contributed by atoms with E-state index < -0.39 is 10.8 Å². The Hall–Kier alpha value is -3.62. The number of aromatic nitrogens is 4. The van der Waals surface area contributed by atoms with Crippen LogP contribution in [-0.4, -0.2) is 30.6 Å². The summed E-state index contributed by atoms with van der Waals surface area (Å²) in [7, 11) is 0. The fourth-order valence-corrected chi connectivity index (χ4v) is 1.93. The summed E-state index contributed by atoms with van der Waals surface area (Å²) in [6.07, 6.45) is 6.05. The van der Waals surface area contributed by atoms with Crippen LogP contribution in [0.1, 0.15) is 10.4 Å². The van der Waals surface area contributed by atoms with Gasteiger partial charge in [0, 0.05) is 18.5 Å². The van der Waals surface area contributed by atoms with E-state index >= 15 is 0 Å². The smallest absolute Gasteiger partial charge is 0.282 e. The van der Waals surface area contributed by atoms with Crippen LogP contribution in [0, 0.1) is 10.1 Å². The predicted octanol–water partition coefficient (Wildman–Crippen LogP) is 1.82. The summed E-state index contributed by atoms with van der Waals surface area (Å²) in [6, 6.07) is 7.39. The zero-order valence-electron chi connectivity index (χ0n) is 11.7. The number of nitro groups is 1. The highest BCUT2D eigenvalue weighted by molar-refractivity contribution is 6.06. The second kappa shape index (κ2) is 6.02. The molecule has 9 heteroatoms. The molecule has 1 amide bonds. The Balaban J connectivity index is 1.82. The van der Waals surface area contributed by atoms with Crippen LogP contribution in [0.4, 0.5) is 11.4 Å². The molecule has 0 saturated heterocycles. The monoisotopic (exact) mass is 310 g/mol. The molecule has 0 aliphatic rings. The second-order valence-electron chi connectivity index (χ2n) is 4.45. The first-order valence-electron chi connectivity index (χ1n) is 6.52. The summed E-state index contributed by atoms with van der Waals surface area (Å²) in [4.78, 5) is 30.6. The van der Waals surface area contributed by atoms with Crippen LogP contribution < -0.4 is 5.32 Å². The molecule has 0 unspecified atom stereocenters. The van der Waals surface area contributed by atoms with E-state index in [9.17, 15) is 14.9 Å². The molecular weight excluding hydrogens is 300 g/mol. The van der Waals surface area contributed by atoms with Crippen molar-refractivity contribution in [1.82, 2.24) is 19.7 Å². The summed E-state index contributed by atoms with van der Waals surface area (Å²) in [6.45, 7) is 0. The van der Waals surface area contributed by atoms with E-state index in [0.29, 0.717) is 11.6 Å². The molecule has 3 rings (SSSR count). The molecule has 9 nitrogen and oxygen atoms in total. The normalized spacial score (nSPS) is 10.3. The third kappa shape index (κ3) is 3.02. The van der Waals surface area contributed by atoms with Gasteiger partial charge in [-0.2, -0.15) is 5.10 Å². The van der Waals surface area contributed by atoms with Crippen molar-refractivity contribution in [2.75, 3.05) is 5.32 Å². The van der Waals surface area contributed by atoms with Crippen LogP contribution in [0.3, 0.4) is 0 Å². The number of carbonyl (C=O) groups is 1. The number of hydrogen-bond acceptors (Lipinski definition) is 6. The number of rotatable bonds is 4. The third-order valence-electron chi connectivity index (χ3n) is 2.94. The Bertz CT molecular complexity index is 862. The van der Waals surface area contributed by atoms with E-state index in [1.54, 1.807) is 24.5 Å². The lowest BCUT2D eigenvalue weighted by molar-refractivity contribution is -0.385. The number of para-hydroxylation sites is 1. The van der Waals surface area contributed by atoms with Crippen LogP contribution >= 0.6 is 0 Å². The number of carbonyl (C=O) groups excluding carboxylic acids is 1. The lowest BCUT2D eigenvalue weighted by atomic mass is 10.1. The SMILES string of the molecule is O=C(Nc1cnn(-c2ncccn2)c1)c1ccccc1[N+](=O)[O-]. The van der Waals surface area contributed by atoms with E-state index in [0.717, 1.165) is 0 Å². The van der Waals surface area contributed by atoms with Crippen molar-refractivity contribution in [3.05, 3.63) is 70.8 Å². The molecule has 0 atom stereocenters. The van der Waals surface area contributed by atoms with Gasteiger partial charge in [-0.25, -0.2) is 14.6 Å². The van der Waals surface area contributed by atoms with Crippen molar-refractivity contribution in [2.45, 2.75) is 0 Å². The van der Waals surface area contributed by atoms with Crippen molar-refractivity contribution in [2.24, 2.45) is 0 Å². The number of anilines is 1. The molecule has 114 valence electrons. The fraction of sp³-hybridized carbons (Fsp3) is 0. The maximum Gasteiger partial charge on any atom is 0.282 e. The molecule has 23 heavy (non-hydrogen) atoms. The van der Waals surface area contributed by atoms with E-state index in [1.807, 2.05) is 0 Å². The Kier molecular flexibility index (Phi) is 3.75. The molecule has 0 fully saturated rings. The summed E-state index contributed by atoms with van der Waals surface area (Å²) >= 11 is 0. The Labute approximate surface area is 129 Å². The van der Waals surface area contributed by atoms with Gasteiger partial charge in [0.05, 0.1) is 23.0 Å². The fourth-order valence-electron chi connectivity index (χ4n) is 1.93. The van der Waals surface area contributed by atoms with Crippen molar-refractivity contribution < 1.29 is 9.72 Å². The maximum absolute atomic E-state index is 12.2. The van der Waals surface area contributed by atoms with Gasteiger partial charge in [0.1, 0.15) is 5.56 Å². The van der Waals surface area contributed by atoms with E-state index in [4.69, 9.17) is 0 Å². The Morgan fingerprint density at radius 1 is 1.17 bits per heavy atom. The molecule has 0 bridgehead atoms. The molecule has 2 aromatic heterocycles. The largest absolute Gasteiger partial charge is 0.319 e. The van der Waals surface area contributed by atoms with Crippen molar-refractivity contribution in [1.29, 1.82) is 0 Å². The van der Waals surface area contributed by atoms with E-state index in [1.165, 1.54) is 35.3 Å². The Morgan fingerprint density at radius 2 is 1.91 bits per heavy atom. The van der Waals surface area contributed by atoms with Gasteiger partial charge in [-0.05, 0) is 12.1 Å². The van der Waals surface area contributed by atoms with Gasteiger partial charge >= 0.3 is 0 Å². The number of benzene rings is 1. The number of amides is 1. The van der Waals surface area contributed by atoms with Crippen molar-refractivity contribution in [3.63, 3.8) is 0 Å². The van der Waals surface area contributed by atoms with Crippen LogP contribution in [0.25, 0.3) is 5.95 Å². The number of hydrogen-bond donors (Lipinski definition) is 1. The van der Waals surface area contributed by atoms with E-state index in [-0.39, 0.29) is 11.3 Å². The van der Waals surface area contributed by atoms with Crippen LogP contribution in [-0.2, 0) is 0 Å². The topological polar surface area (TPSA) is 116 Å². The minimum atomic E-state index is -0.601. The summed E-state index contributed by atoms with van der Waals surface area (Å²) in [5.41, 5.74) is 0.0885. The van der Waals surface area contributed by atoms with Crippen LogP contribution in [0.15, 0.2) is 55.1 Å². The minimum absolute atomic E-state index is 0.0267. The minimum Gasteiger partial charge on any atom is -0.319 e. The van der Waals surface area contributed by atoms with Gasteiger partial charge in [0.15, 0.2) is 0 Å². The average Bonchev–Trinajstić information content (AvgIpc) is 3.04.